The maximum atomic E-state index is 14.9. The van der Waals surface area contributed by atoms with Crippen LogP contribution in [0.3, 0.4) is 0 Å². The van der Waals surface area contributed by atoms with Crippen molar-refractivity contribution in [3.8, 4) is 0 Å². The van der Waals surface area contributed by atoms with E-state index in [2.05, 4.69) is 51.1 Å². The third-order valence-corrected chi connectivity index (χ3v) is 5.50. The van der Waals surface area contributed by atoms with E-state index in [4.69, 9.17) is 0 Å². The highest BCUT2D eigenvalue weighted by Gasteiger charge is 2.34. The SMILES string of the molecule is CC(C)(C)n1nnnc1[C@@H](c1ccccc1F)N1CCN(Cc2ccncc2)CC1. The summed E-state index contributed by atoms with van der Waals surface area (Å²) in [6.07, 6.45) is 3.65. The molecule has 158 valence electrons. The van der Waals surface area contributed by atoms with E-state index in [0.29, 0.717) is 11.4 Å². The van der Waals surface area contributed by atoms with Gasteiger partial charge in [0.25, 0.3) is 0 Å². The Morgan fingerprint density at radius 1 is 1.00 bits per heavy atom. The van der Waals surface area contributed by atoms with E-state index in [1.165, 1.54) is 11.6 Å². The van der Waals surface area contributed by atoms with Crippen molar-refractivity contribution in [3.05, 3.63) is 71.6 Å². The van der Waals surface area contributed by atoms with E-state index >= 15 is 0 Å². The van der Waals surface area contributed by atoms with E-state index in [9.17, 15) is 4.39 Å². The molecule has 4 rings (SSSR count). The molecular weight excluding hydrogens is 381 g/mol. The number of hydrogen-bond donors (Lipinski definition) is 0. The number of tetrazole rings is 1. The summed E-state index contributed by atoms with van der Waals surface area (Å²) in [4.78, 5) is 8.79. The summed E-state index contributed by atoms with van der Waals surface area (Å²) in [5, 5.41) is 12.5. The molecule has 0 saturated carbocycles. The summed E-state index contributed by atoms with van der Waals surface area (Å²) >= 11 is 0. The van der Waals surface area contributed by atoms with Gasteiger partial charge in [-0.2, -0.15) is 0 Å². The minimum atomic E-state index is -0.330. The number of rotatable bonds is 5. The zero-order valence-corrected chi connectivity index (χ0v) is 17.7. The summed E-state index contributed by atoms with van der Waals surface area (Å²) in [6, 6.07) is 10.7. The largest absolute Gasteiger partial charge is 0.297 e. The van der Waals surface area contributed by atoms with Crippen molar-refractivity contribution in [2.75, 3.05) is 26.2 Å². The molecule has 0 unspecified atom stereocenters. The van der Waals surface area contributed by atoms with Crippen molar-refractivity contribution < 1.29 is 4.39 Å². The van der Waals surface area contributed by atoms with Gasteiger partial charge in [0.05, 0.1) is 5.54 Å². The van der Waals surface area contributed by atoms with Crippen LogP contribution in [0, 0.1) is 5.82 Å². The van der Waals surface area contributed by atoms with Gasteiger partial charge in [-0.1, -0.05) is 18.2 Å². The van der Waals surface area contributed by atoms with Gasteiger partial charge in [0.2, 0.25) is 0 Å². The Balaban J connectivity index is 1.59. The summed E-state index contributed by atoms with van der Waals surface area (Å²) in [5.41, 5.74) is 1.56. The van der Waals surface area contributed by atoms with Crippen molar-refractivity contribution in [1.82, 2.24) is 35.0 Å². The Kier molecular flexibility index (Phi) is 5.87. The summed E-state index contributed by atoms with van der Waals surface area (Å²) < 4.78 is 16.7. The summed E-state index contributed by atoms with van der Waals surface area (Å²) in [6.45, 7) is 10.4. The molecule has 0 aliphatic carbocycles. The first-order valence-electron chi connectivity index (χ1n) is 10.3. The molecule has 1 aliphatic heterocycles. The van der Waals surface area contributed by atoms with Crippen LogP contribution in [-0.2, 0) is 12.1 Å². The monoisotopic (exact) mass is 409 g/mol. The predicted molar refractivity (Wildman–Crippen MR) is 112 cm³/mol. The molecule has 0 spiro atoms. The molecule has 3 heterocycles. The molecule has 1 aliphatic rings. The highest BCUT2D eigenvalue weighted by Crippen LogP contribution is 2.32. The van der Waals surface area contributed by atoms with Crippen LogP contribution >= 0.6 is 0 Å². The molecule has 1 saturated heterocycles. The van der Waals surface area contributed by atoms with Crippen molar-refractivity contribution in [2.24, 2.45) is 0 Å². The van der Waals surface area contributed by atoms with Crippen LogP contribution in [0.4, 0.5) is 4.39 Å². The van der Waals surface area contributed by atoms with Crippen molar-refractivity contribution in [1.29, 1.82) is 0 Å². The number of nitrogens with zero attached hydrogens (tertiary/aromatic N) is 7. The quantitative estimate of drug-likeness (QED) is 0.646. The zero-order valence-electron chi connectivity index (χ0n) is 17.7. The average Bonchev–Trinajstić information content (AvgIpc) is 3.22. The molecule has 0 radical (unpaired) electrons. The lowest BCUT2D eigenvalue weighted by Gasteiger charge is -2.39. The van der Waals surface area contributed by atoms with E-state index in [-0.39, 0.29) is 17.4 Å². The number of piperazine rings is 1. The fourth-order valence-corrected chi connectivity index (χ4v) is 3.96. The van der Waals surface area contributed by atoms with Crippen LogP contribution in [-0.4, -0.2) is 61.2 Å². The molecule has 2 aromatic heterocycles. The molecule has 1 fully saturated rings. The lowest BCUT2D eigenvalue weighted by Crippen LogP contribution is -2.48. The van der Waals surface area contributed by atoms with Crippen LogP contribution in [0.5, 0.6) is 0 Å². The molecular formula is C22H28FN7. The van der Waals surface area contributed by atoms with Crippen molar-refractivity contribution in [2.45, 2.75) is 38.9 Å². The third-order valence-electron chi connectivity index (χ3n) is 5.50. The van der Waals surface area contributed by atoms with E-state index in [1.807, 2.05) is 41.3 Å². The molecule has 7 nitrogen and oxygen atoms in total. The highest BCUT2D eigenvalue weighted by molar-refractivity contribution is 5.27. The molecule has 0 N–H and O–H groups in total. The minimum absolute atomic E-state index is 0.231. The maximum absolute atomic E-state index is 14.9. The first-order valence-corrected chi connectivity index (χ1v) is 10.3. The Hall–Kier alpha value is -2.71. The maximum Gasteiger partial charge on any atom is 0.173 e. The van der Waals surface area contributed by atoms with Crippen LogP contribution in [0.15, 0.2) is 48.8 Å². The average molecular weight is 410 g/mol. The highest BCUT2D eigenvalue weighted by atomic mass is 19.1. The first-order chi connectivity index (χ1) is 14.4. The second-order valence-corrected chi connectivity index (χ2v) is 8.71. The van der Waals surface area contributed by atoms with Gasteiger partial charge in [0.15, 0.2) is 5.82 Å². The molecule has 0 amide bonds. The van der Waals surface area contributed by atoms with Gasteiger partial charge in [-0.25, -0.2) is 9.07 Å². The fraction of sp³-hybridized carbons (Fsp3) is 0.455. The number of pyridine rings is 1. The lowest BCUT2D eigenvalue weighted by atomic mass is 10.0. The fourth-order valence-electron chi connectivity index (χ4n) is 3.96. The van der Waals surface area contributed by atoms with Crippen LogP contribution in [0.25, 0.3) is 0 Å². The van der Waals surface area contributed by atoms with Crippen LogP contribution in [0.1, 0.15) is 43.8 Å². The Bertz CT molecular complexity index is 959. The van der Waals surface area contributed by atoms with Gasteiger partial charge in [0, 0.05) is 50.7 Å². The van der Waals surface area contributed by atoms with E-state index in [1.54, 1.807) is 6.07 Å². The normalized spacial score (nSPS) is 17.2. The van der Waals surface area contributed by atoms with Crippen LogP contribution in [0.2, 0.25) is 0 Å². The van der Waals surface area contributed by atoms with Crippen molar-refractivity contribution >= 4 is 0 Å². The number of aromatic nitrogens is 5. The number of halogens is 1. The molecule has 1 atom stereocenters. The number of benzene rings is 1. The van der Waals surface area contributed by atoms with Gasteiger partial charge in [-0.05, 0) is 55.0 Å². The van der Waals surface area contributed by atoms with Gasteiger partial charge in [-0.15, -0.1) is 5.10 Å². The first kappa shape index (κ1) is 20.6. The molecule has 1 aromatic carbocycles. The molecule has 30 heavy (non-hydrogen) atoms. The molecule has 3 aromatic rings. The topological polar surface area (TPSA) is 63.0 Å². The number of hydrogen-bond acceptors (Lipinski definition) is 6. The Morgan fingerprint density at radius 3 is 2.37 bits per heavy atom. The van der Waals surface area contributed by atoms with Crippen LogP contribution < -0.4 is 0 Å². The van der Waals surface area contributed by atoms with Gasteiger partial charge in [-0.3, -0.25) is 14.8 Å². The Morgan fingerprint density at radius 2 is 1.70 bits per heavy atom. The molecule has 8 heteroatoms. The van der Waals surface area contributed by atoms with Crippen molar-refractivity contribution in [3.63, 3.8) is 0 Å². The van der Waals surface area contributed by atoms with Gasteiger partial charge >= 0.3 is 0 Å². The summed E-state index contributed by atoms with van der Waals surface area (Å²) in [7, 11) is 0. The smallest absolute Gasteiger partial charge is 0.173 e. The van der Waals surface area contributed by atoms with E-state index in [0.717, 1.165) is 32.7 Å². The third kappa shape index (κ3) is 4.39. The van der Waals surface area contributed by atoms with Gasteiger partial charge < -0.3 is 0 Å². The zero-order chi connectivity index (χ0) is 21.1. The Labute approximate surface area is 176 Å². The second kappa shape index (κ2) is 8.57. The standard InChI is InChI=1S/C22H28FN7/c1-22(2,3)30-21(25-26-27-30)20(18-6-4-5-7-19(18)23)29-14-12-28(13-15-29)16-17-8-10-24-11-9-17/h4-11,20H,12-16H2,1-3H3/t20-/m1/s1. The molecule has 0 bridgehead atoms. The predicted octanol–water partition coefficient (Wildman–Crippen LogP) is 2.87. The lowest BCUT2D eigenvalue weighted by molar-refractivity contribution is 0.0966. The van der Waals surface area contributed by atoms with E-state index < -0.39 is 0 Å². The van der Waals surface area contributed by atoms with Gasteiger partial charge in [0.1, 0.15) is 11.9 Å². The summed E-state index contributed by atoms with van der Waals surface area (Å²) in [5.74, 6) is 0.445. The second-order valence-electron chi connectivity index (χ2n) is 8.71. The minimum Gasteiger partial charge on any atom is -0.297 e.